The van der Waals surface area contributed by atoms with E-state index < -0.39 is 19.9 Å². The first-order valence-electron chi connectivity index (χ1n) is 7.82. The molecule has 0 radical (unpaired) electrons. The van der Waals surface area contributed by atoms with E-state index >= 15 is 0 Å². The highest BCUT2D eigenvalue weighted by Crippen LogP contribution is 2.36. The number of nitrogens with zero attached hydrogens (tertiary/aromatic N) is 1. The van der Waals surface area contributed by atoms with Crippen molar-refractivity contribution in [2.75, 3.05) is 22.4 Å². The standard InChI is InChI=1S/C17H18N2O5S2/c1-12(20)19-11-10-13-4-3-5-16(17(13)19)18-26(23,24)15-8-6-14(7-9-15)25(2,21)22/h3-9,18H,10-11H2,1-2H3. The van der Waals surface area contributed by atoms with Crippen LogP contribution in [-0.4, -0.2) is 35.5 Å². The number of para-hydroxylation sites is 1. The molecule has 1 heterocycles. The molecule has 1 N–H and O–H groups in total. The van der Waals surface area contributed by atoms with Gasteiger partial charge in [0, 0.05) is 19.7 Å². The molecule has 0 spiro atoms. The van der Waals surface area contributed by atoms with E-state index in [4.69, 9.17) is 0 Å². The average molecular weight is 394 g/mol. The molecule has 0 saturated heterocycles. The van der Waals surface area contributed by atoms with Gasteiger partial charge in [0.15, 0.2) is 9.84 Å². The maximum absolute atomic E-state index is 12.7. The third-order valence-electron chi connectivity index (χ3n) is 4.18. The fraction of sp³-hybridized carbons (Fsp3) is 0.235. The molecule has 1 aliphatic heterocycles. The monoisotopic (exact) mass is 394 g/mol. The summed E-state index contributed by atoms with van der Waals surface area (Å²) in [7, 11) is -7.34. The Kier molecular flexibility index (Phi) is 4.53. The van der Waals surface area contributed by atoms with Crippen LogP contribution in [0, 0.1) is 0 Å². The minimum Gasteiger partial charge on any atom is -0.310 e. The maximum Gasteiger partial charge on any atom is 0.261 e. The highest BCUT2D eigenvalue weighted by atomic mass is 32.2. The Labute approximate surface area is 152 Å². The number of anilines is 2. The van der Waals surface area contributed by atoms with Crippen LogP contribution in [-0.2, 0) is 31.1 Å². The summed E-state index contributed by atoms with van der Waals surface area (Å²) >= 11 is 0. The molecule has 1 aliphatic rings. The molecule has 26 heavy (non-hydrogen) atoms. The molecular weight excluding hydrogens is 376 g/mol. The van der Waals surface area contributed by atoms with Gasteiger partial charge in [0.25, 0.3) is 10.0 Å². The van der Waals surface area contributed by atoms with E-state index in [1.807, 2.05) is 6.07 Å². The topological polar surface area (TPSA) is 101 Å². The van der Waals surface area contributed by atoms with Gasteiger partial charge in [0.2, 0.25) is 5.91 Å². The first-order chi connectivity index (χ1) is 12.1. The Bertz CT molecular complexity index is 1070. The lowest BCUT2D eigenvalue weighted by molar-refractivity contribution is -0.116. The lowest BCUT2D eigenvalue weighted by atomic mass is 10.1. The molecule has 138 valence electrons. The zero-order chi connectivity index (χ0) is 19.1. The number of sulfonamides is 1. The van der Waals surface area contributed by atoms with E-state index in [0.717, 1.165) is 11.8 Å². The summed E-state index contributed by atoms with van der Waals surface area (Å²) in [5, 5.41) is 0. The molecule has 0 bridgehead atoms. The minimum absolute atomic E-state index is 0.0415. The molecule has 0 fully saturated rings. The van der Waals surface area contributed by atoms with Gasteiger partial charge in [-0.05, 0) is 42.3 Å². The highest BCUT2D eigenvalue weighted by molar-refractivity contribution is 7.92. The number of amides is 1. The molecule has 2 aromatic rings. The first-order valence-corrected chi connectivity index (χ1v) is 11.2. The second-order valence-electron chi connectivity index (χ2n) is 6.08. The summed E-state index contributed by atoms with van der Waals surface area (Å²) in [5.74, 6) is -0.159. The van der Waals surface area contributed by atoms with Crippen molar-refractivity contribution < 1.29 is 21.6 Å². The number of benzene rings is 2. The van der Waals surface area contributed by atoms with Crippen molar-refractivity contribution in [3.63, 3.8) is 0 Å². The Morgan fingerprint density at radius 1 is 1.00 bits per heavy atom. The first kappa shape index (κ1) is 18.4. The van der Waals surface area contributed by atoms with E-state index in [1.165, 1.54) is 31.2 Å². The van der Waals surface area contributed by atoms with E-state index in [-0.39, 0.29) is 15.7 Å². The SMILES string of the molecule is CC(=O)N1CCc2cccc(NS(=O)(=O)c3ccc(S(C)(=O)=O)cc3)c21. The summed E-state index contributed by atoms with van der Waals surface area (Å²) in [6.45, 7) is 1.94. The largest absolute Gasteiger partial charge is 0.310 e. The van der Waals surface area contributed by atoms with Gasteiger partial charge in [0.1, 0.15) is 0 Å². The molecule has 0 aliphatic carbocycles. The molecule has 9 heteroatoms. The summed E-state index contributed by atoms with van der Waals surface area (Å²) < 4.78 is 50.9. The van der Waals surface area contributed by atoms with Crippen LogP contribution in [0.2, 0.25) is 0 Å². The zero-order valence-corrected chi connectivity index (χ0v) is 15.9. The molecule has 1 amide bonds. The van der Waals surface area contributed by atoms with E-state index in [1.54, 1.807) is 17.0 Å². The van der Waals surface area contributed by atoms with Crippen molar-refractivity contribution >= 4 is 37.1 Å². The fourth-order valence-corrected chi connectivity index (χ4v) is 4.62. The number of sulfone groups is 1. The highest BCUT2D eigenvalue weighted by Gasteiger charge is 2.27. The fourth-order valence-electron chi connectivity index (χ4n) is 2.92. The van der Waals surface area contributed by atoms with Crippen LogP contribution in [0.5, 0.6) is 0 Å². The second-order valence-corrected chi connectivity index (χ2v) is 9.78. The molecule has 0 saturated carbocycles. The normalized spacial score (nSPS) is 14.2. The van der Waals surface area contributed by atoms with E-state index in [2.05, 4.69) is 4.72 Å². The number of hydrogen-bond acceptors (Lipinski definition) is 5. The number of rotatable bonds is 4. The van der Waals surface area contributed by atoms with Crippen molar-refractivity contribution in [3.8, 4) is 0 Å². The molecule has 2 aromatic carbocycles. The van der Waals surface area contributed by atoms with Crippen molar-refractivity contribution in [1.82, 2.24) is 0 Å². The van der Waals surface area contributed by atoms with Crippen molar-refractivity contribution in [2.45, 2.75) is 23.1 Å². The van der Waals surface area contributed by atoms with Gasteiger partial charge in [-0.25, -0.2) is 16.8 Å². The average Bonchev–Trinajstić information content (AvgIpc) is 2.99. The smallest absolute Gasteiger partial charge is 0.261 e. The predicted octanol–water partition coefficient (Wildman–Crippen LogP) is 1.80. The van der Waals surface area contributed by atoms with Gasteiger partial charge >= 0.3 is 0 Å². The Hall–Kier alpha value is -2.39. The van der Waals surface area contributed by atoms with Crippen molar-refractivity contribution in [2.24, 2.45) is 0 Å². The predicted molar refractivity (Wildman–Crippen MR) is 98.5 cm³/mol. The number of hydrogen-bond donors (Lipinski definition) is 1. The molecule has 0 unspecified atom stereocenters. The molecule has 0 aromatic heterocycles. The van der Waals surface area contributed by atoms with Crippen LogP contribution >= 0.6 is 0 Å². The summed E-state index contributed by atoms with van der Waals surface area (Å²) in [6.07, 6.45) is 1.71. The second kappa shape index (κ2) is 6.40. The van der Waals surface area contributed by atoms with Gasteiger partial charge in [-0.15, -0.1) is 0 Å². The minimum atomic E-state index is -3.93. The summed E-state index contributed by atoms with van der Waals surface area (Å²) in [5.41, 5.74) is 1.78. The van der Waals surface area contributed by atoms with Gasteiger partial charge in [-0.2, -0.15) is 0 Å². The van der Waals surface area contributed by atoms with E-state index in [9.17, 15) is 21.6 Å². The van der Waals surface area contributed by atoms with Gasteiger partial charge in [-0.1, -0.05) is 12.1 Å². The lowest BCUT2D eigenvalue weighted by Crippen LogP contribution is -2.27. The molecule has 3 rings (SSSR count). The van der Waals surface area contributed by atoms with Gasteiger partial charge in [0.05, 0.1) is 21.2 Å². The number of nitrogens with one attached hydrogen (secondary N) is 1. The van der Waals surface area contributed by atoms with Crippen LogP contribution in [0.1, 0.15) is 12.5 Å². The number of fused-ring (bicyclic) bond motifs is 1. The summed E-state index contributed by atoms with van der Waals surface area (Å²) in [4.78, 5) is 13.3. The third-order valence-corrected chi connectivity index (χ3v) is 6.69. The maximum atomic E-state index is 12.7. The Morgan fingerprint density at radius 2 is 1.62 bits per heavy atom. The van der Waals surface area contributed by atoms with Crippen LogP contribution in [0.25, 0.3) is 0 Å². The third kappa shape index (κ3) is 3.45. The number of carbonyl (C=O) groups excluding carboxylic acids is 1. The Balaban J connectivity index is 1.97. The number of carbonyl (C=O) groups is 1. The Morgan fingerprint density at radius 3 is 2.19 bits per heavy atom. The molecule has 7 nitrogen and oxygen atoms in total. The van der Waals surface area contributed by atoms with Crippen LogP contribution in [0.3, 0.4) is 0 Å². The quantitative estimate of drug-likeness (QED) is 0.852. The van der Waals surface area contributed by atoms with Gasteiger partial charge < -0.3 is 4.90 Å². The molecule has 0 atom stereocenters. The van der Waals surface area contributed by atoms with Crippen LogP contribution in [0.15, 0.2) is 52.3 Å². The lowest BCUT2D eigenvalue weighted by Gasteiger charge is -2.19. The van der Waals surface area contributed by atoms with Gasteiger partial charge in [-0.3, -0.25) is 9.52 Å². The molecular formula is C17H18N2O5S2. The summed E-state index contributed by atoms with van der Waals surface area (Å²) in [6, 6.07) is 10.2. The van der Waals surface area contributed by atoms with Crippen LogP contribution in [0.4, 0.5) is 11.4 Å². The van der Waals surface area contributed by atoms with Crippen molar-refractivity contribution in [3.05, 3.63) is 48.0 Å². The zero-order valence-electron chi connectivity index (χ0n) is 14.3. The van der Waals surface area contributed by atoms with E-state index in [0.29, 0.717) is 24.3 Å². The van der Waals surface area contributed by atoms with Crippen molar-refractivity contribution in [1.29, 1.82) is 0 Å². The van der Waals surface area contributed by atoms with Crippen LogP contribution < -0.4 is 9.62 Å².